The number of aliphatic hydroxyl groups is 1. The van der Waals surface area contributed by atoms with Crippen molar-refractivity contribution in [3.05, 3.63) is 0 Å². The molecule has 1 N–H and O–H groups in total. The van der Waals surface area contributed by atoms with E-state index in [1.165, 1.54) is 0 Å². The molecule has 0 radical (unpaired) electrons. The average Bonchev–Trinajstić information content (AvgIpc) is 2.28. The van der Waals surface area contributed by atoms with Gasteiger partial charge in [-0.25, -0.2) is 0 Å². The van der Waals surface area contributed by atoms with E-state index in [4.69, 9.17) is 9.84 Å². The standard InChI is InChI=1S/C12H24BrNO2/c1-12(2,9-13)10-14-5-3-11(4-6-14)16-8-7-15/h11,15H,3-10H2,1-2H3. The minimum absolute atomic E-state index is 0.136. The van der Waals surface area contributed by atoms with E-state index in [9.17, 15) is 0 Å². The van der Waals surface area contributed by atoms with Crippen molar-refractivity contribution in [3.8, 4) is 0 Å². The van der Waals surface area contributed by atoms with Gasteiger partial charge >= 0.3 is 0 Å². The lowest BCUT2D eigenvalue weighted by molar-refractivity contribution is -0.0120. The van der Waals surface area contributed by atoms with E-state index < -0.39 is 0 Å². The highest BCUT2D eigenvalue weighted by molar-refractivity contribution is 9.09. The zero-order chi connectivity index (χ0) is 12.0. The van der Waals surface area contributed by atoms with E-state index in [-0.39, 0.29) is 6.61 Å². The smallest absolute Gasteiger partial charge is 0.0701 e. The Morgan fingerprint density at radius 3 is 2.50 bits per heavy atom. The Labute approximate surface area is 107 Å². The maximum absolute atomic E-state index is 8.69. The average molecular weight is 294 g/mol. The van der Waals surface area contributed by atoms with Crippen molar-refractivity contribution >= 4 is 15.9 Å². The van der Waals surface area contributed by atoms with Gasteiger partial charge in [0.25, 0.3) is 0 Å². The molecule has 1 fully saturated rings. The van der Waals surface area contributed by atoms with Crippen LogP contribution in [0.3, 0.4) is 0 Å². The molecule has 1 aliphatic rings. The summed E-state index contributed by atoms with van der Waals surface area (Å²) < 4.78 is 5.55. The number of piperidine rings is 1. The van der Waals surface area contributed by atoms with Gasteiger partial charge in [0.2, 0.25) is 0 Å². The molecular weight excluding hydrogens is 270 g/mol. The first-order valence-corrected chi connectivity index (χ1v) is 7.20. The Morgan fingerprint density at radius 1 is 1.38 bits per heavy atom. The van der Waals surface area contributed by atoms with Gasteiger partial charge in [-0.2, -0.15) is 0 Å². The Balaban J connectivity index is 2.21. The third kappa shape index (κ3) is 5.13. The van der Waals surface area contributed by atoms with E-state index in [1.807, 2.05) is 0 Å². The Morgan fingerprint density at radius 2 is 2.00 bits per heavy atom. The summed E-state index contributed by atoms with van der Waals surface area (Å²) in [5.74, 6) is 0. The molecule has 1 heterocycles. The SMILES string of the molecule is CC(C)(CBr)CN1CCC(OCCO)CC1. The van der Waals surface area contributed by atoms with Crippen molar-refractivity contribution in [2.45, 2.75) is 32.8 Å². The molecule has 1 saturated heterocycles. The molecule has 0 aliphatic carbocycles. The predicted octanol–water partition coefficient (Wildman–Crippen LogP) is 1.88. The Kier molecular flexibility index (Phi) is 6.26. The summed E-state index contributed by atoms with van der Waals surface area (Å²) in [5, 5.41) is 9.74. The summed E-state index contributed by atoms with van der Waals surface area (Å²) >= 11 is 3.56. The number of halogens is 1. The van der Waals surface area contributed by atoms with Crippen molar-refractivity contribution in [3.63, 3.8) is 0 Å². The van der Waals surface area contributed by atoms with Crippen LogP contribution in [-0.2, 0) is 4.74 Å². The van der Waals surface area contributed by atoms with Gasteiger partial charge in [0.05, 0.1) is 19.3 Å². The molecule has 0 aromatic heterocycles. The topological polar surface area (TPSA) is 32.7 Å². The van der Waals surface area contributed by atoms with Gasteiger partial charge < -0.3 is 14.7 Å². The fourth-order valence-corrected chi connectivity index (χ4v) is 2.28. The molecule has 4 heteroatoms. The molecule has 3 nitrogen and oxygen atoms in total. The lowest BCUT2D eigenvalue weighted by Crippen LogP contribution is -2.42. The van der Waals surface area contributed by atoms with Crippen LogP contribution in [0.4, 0.5) is 0 Å². The van der Waals surface area contributed by atoms with Crippen molar-refractivity contribution in [2.24, 2.45) is 5.41 Å². The van der Waals surface area contributed by atoms with Gasteiger partial charge in [-0.3, -0.25) is 0 Å². The molecule has 0 spiro atoms. The van der Waals surface area contributed by atoms with Crippen LogP contribution >= 0.6 is 15.9 Å². The number of hydrogen-bond acceptors (Lipinski definition) is 3. The highest BCUT2D eigenvalue weighted by Gasteiger charge is 2.25. The molecule has 1 rings (SSSR count). The number of alkyl halides is 1. The summed E-state index contributed by atoms with van der Waals surface area (Å²) in [6.45, 7) is 8.57. The van der Waals surface area contributed by atoms with Crippen molar-refractivity contribution in [1.29, 1.82) is 0 Å². The molecular formula is C12H24BrNO2. The fourth-order valence-electron chi connectivity index (χ4n) is 2.10. The van der Waals surface area contributed by atoms with Crippen LogP contribution in [0.1, 0.15) is 26.7 Å². The summed E-state index contributed by atoms with van der Waals surface area (Å²) in [6.07, 6.45) is 2.55. The molecule has 96 valence electrons. The van der Waals surface area contributed by atoms with Crippen LogP contribution in [0, 0.1) is 5.41 Å². The molecule has 0 bridgehead atoms. The third-order valence-corrected chi connectivity index (χ3v) is 4.51. The third-order valence-electron chi connectivity index (χ3n) is 2.99. The van der Waals surface area contributed by atoms with Crippen LogP contribution in [-0.4, -0.2) is 54.3 Å². The highest BCUT2D eigenvalue weighted by Crippen LogP contribution is 2.22. The second kappa shape index (κ2) is 6.94. The lowest BCUT2D eigenvalue weighted by atomic mass is 9.94. The minimum atomic E-state index is 0.136. The van der Waals surface area contributed by atoms with Crippen LogP contribution in [0.2, 0.25) is 0 Å². The van der Waals surface area contributed by atoms with Crippen LogP contribution in [0.25, 0.3) is 0 Å². The van der Waals surface area contributed by atoms with Gasteiger partial charge in [-0.15, -0.1) is 0 Å². The molecule has 1 aliphatic heterocycles. The van der Waals surface area contributed by atoms with E-state index in [0.29, 0.717) is 18.1 Å². The van der Waals surface area contributed by atoms with Gasteiger partial charge in [0.15, 0.2) is 0 Å². The second-order valence-electron chi connectivity index (χ2n) is 5.37. The Bertz CT molecular complexity index is 191. The number of likely N-dealkylation sites (tertiary alicyclic amines) is 1. The predicted molar refractivity (Wildman–Crippen MR) is 70.1 cm³/mol. The van der Waals surface area contributed by atoms with Gasteiger partial charge in [0.1, 0.15) is 0 Å². The summed E-state index contributed by atoms with van der Waals surface area (Å²) in [5.41, 5.74) is 0.346. The number of nitrogens with zero attached hydrogens (tertiary/aromatic N) is 1. The van der Waals surface area contributed by atoms with E-state index in [1.54, 1.807) is 0 Å². The largest absolute Gasteiger partial charge is 0.394 e. The number of ether oxygens (including phenoxy) is 1. The van der Waals surface area contributed by atoms with Crippen LogP contribution < -0.4 is 0 Å². The second-order valence-corrected chi connectivity index (χ2v) is 5.93. The maximum Gasteiger partial charge on any atom is 0.0701 e. The van der Waals surface area contributed by atoms with E-state index in [2.05, 4.69) is 34.7 Å². The summed E-state index contributed by atoms with van der Waals surface area (Å²) in [4.78, 5) is 2.51. The molecule has 0 atom stereocenters. The van der Waals surface area contributed by atoms with Gasteiger partial charge in [-0.1, -0.05) is 29.8 Å². The number of aliphatic hydroxyl groups excluding tert-OH is 1. The normalized spacial score (nSPS) is 20.2. The lowest BCUT2D eigenvalue weighted by Gasteiger charge is -2.36. The first kappa shape index (κ1) is 14.4. The van der Waals surface area contributed by atoms with Crippen molar-refractivity contribution in [1.82, 2.24) is 4.90 Å². The highest BCUT2D eigenvalue weighted by atomic mass is 79.9. The quantitative estimate of drug-likeness (QED) is 0.759. The van der Waals surface area contributed by atoms with Gasteiger partial charge in [-0.05, 0) is 18.3 Å². The molecule has 0 aromatic carbocycles. The molecule has 0 aromatic rings. The minimum Gasteiger partial charge on any atom is -0.394 e. The monoisotopic (exact) mass is 293 g/mol. The van der Waals surface area contributed by atoms with E-state index >= 15 is 0 Å². The van der Waals surface area contributed by atoms with Crippen LogP contribution in [0.5, 0.6) is 0 Å². The number of rotatable bonds is 6. The molecule has 0 amide bonds. The van der Waals surface area contributed by atoms with Crippen LogP contribution in [0.15, 0.2) is 0 Å². The number of hydrogen-bond donors (Lipinski definition) is 1. The fraction of sp³-hybridized carbons (Fsp3) is 1.00. The summed E-state index contributed by atoms with van der Waals surface area (Å²) in [7, 11) is 0. The Hall–Kier alpha value is 0.360. The summed E-state index contributed by atoms with van der Waals surface area (Å²) in [6, 6.07) is 0. The molecule has 0 saturated carbocycles. The van der Waals surface area contributed by atoms with Gasteiger partial charge in [0, 0.05) is 25.0 Å². The maximum atomic E-state index is 8.69. The molecule has 16 heavy (non-hydrogen) atoms. The first-order valence-electron chi connectivity index (χ1n) is 6.08. The van der Waals surface area contributed by atoms with E-state index in [0.717, 1.165) is 37.8 Å². The van der Waals surface area contributed by atoms with Crippen molar-refractivity contribution in [2.75, 3.05) is 38.2 Å². The van der Waals surface area contributed by atoms with Crippen molar-refractivity contribution < 1.29 is 9.84 Å². The molecule has 0 unspecified atom stereocenters. The zero-order valence-electron chi connectivity index (χ0n) is 10.4. The first-order chi connectivity index (χ1) is 7.57. The zero-order valence-corrected chi connectivity index (χ0v) is 12.0.